The van der Waals surface area contributed by atoms with Gasteiger partial charge in [0, 0.05) is 43.6 Å². The molecule has 216 valence electrons. The van der Waals surface area contributed by atoms with Gasteiger partial charge in [0.2, 0.25) is 5.78 Å². The molecule has 3 aromatic carbocycles. The number of thioether (sulfide) groups is 1. The van der Waals surface area contributed by atoms with E-state index in [9.17, 15) is 27.6 Å². The molecule has 4 rings (SSSR count). The van der Waals surface area contributed by atoms with Crippen LogP contribution in [0.25, 0.3) is 0 Å². The zero-order valence-electron chi connectivity index (χ0n) is 21.8. The highest BCUT2D eigenvalue weighted by atomic mass is 35.5. The highest BCUT2D eigenvalue weighted by Gasteiger charge is 2.42. The molecule has 42 heavy (non-hydrogen) atoms. The summed E-state index contributed by atoms with van der Waals surface area (Å²) in [6.45, 7) is 0. The van der Waals surface area contributed by atoms with Crippen molar-refractivity contribution >= 4 is 58.4 Å². The lowest BCUT2D eigenvalue weighted by atomic mass is 10.0. The van der Waals surface area contributed by atoms with Gasteiger partial charge in [0.25, 0.3) is 0 Å². The van der Waals surface area contributed by atoms with Crippen LogP contribution in [0.15, 0.2) is 117 Å². The van der Waals surface area contributed by atoms with E-state index in [1.165, 1.54) is 35.7 Å². The number of oxime groups is 1. The Morgan fingerprint density at radius 3 is 2.05 bits per heavy atom. The molecule has 1 aliphatic rings. The highest BCUT2D eigenvalue weighted by molar-refractivity contribution is 8.03. The van der Waals surface area contributed by atoms with Gasteiger partial charge in [-0.3, -0.25) is 9.59 Å². The summed E-state index contributed by atoms with van der Waals surface area (Å²) in [5.74, 6) is -2.93. The molecule has 0 N–H and O–H groups in total. The van der Waals surface area contributed by atoms with Gasteiger partial charge in [0.1, 0.15) is 5.71 Å². The first-order chi connectivity index (χ1) is 20.1. The van der Waals surface area contributed by atoms with Gasteiger partial charge in [-0.05, 0) is 55.0 Å². The van der Waals surface area contributed by atoms with Crippen LogP contribution in [0.1, 0.15) is 39.1 Å². The van der Waals surface area contributed by atoms with E-state index in [4.69, 9.17) is 11.6 Å². The molecule has 1 atom stereocenters. The summed E-state index contributed by atoms with van der Waals surface area (Å²) in [5.41, 5.74) is 1.02. The molecule has 0 heterocycles. The van der Waals surface area contributed by atoms with Gasteiger partial charge in [0.15, 0.2) is 5.78 Å². The average molecular weight is 630 g/mol. The fourth-order valence-electron chi connectivity index (χ4n) is 3.70. The number of allylic oxidation sites excluding steroid dienone is 3. The Morgan fingerprint density at radius 2 is 1.48 bits per heavy atom. The number of nitrogens with zero attached hydrogens (tertiary/aromatic N) is 1. The molecule has 0 saturated carbocycles. The lowest BCUT2D eigenvalue weighted by Gasteiger charge is -2.11. The summed E-state index contributed by atoms with van der Waals surface area (Å²) >= 11 is 8.81. The van der Waals surface area contributed by atoms with Crippen molar-refractivity contribution in [1.82, 2.24) is 0 Å². The van der Waals surface area contributed by atoms with Gasteiger partial charge in [-0.2, -0.15) is 13.2 Å². The lowest BCUT2D eigenvalue weighted by molar-refractivity contribution is -0.199. The fourth-order valence-corrected chi connectivity index (χ4v) is 5.60. The third-order valence-electron chi connectivity index (χ3n) is 5.86. The molecule has 1 aliphatic carbocycles. The van der Waals surface area contributed by atoms with Crippen LogP contribution in [0.2, 0.25) is 0 Å². The number of Topliss-reactive ketones (excluding diaryl/α,β-unsaturated/α-hetero) is 1. The van der Waals surface area contributed by atoms with Crippen LogP contribution in [-0.2, 0) is 9.63 Å². The van der Waals surface area contributed by atoms with Crippen molar-refractivity contribution < 1.29 is 32.4 Å². The van der Waals surface area contributed by atoms with Crippen LogP contribution in [0, 0.1) is 0 Å². The molecule has 3 aromatic rings. The quantitative estimate of drug-likeness (QED) is 0.0699. The van der Waals surface area contributed by atoms with Crippen LogP contribution in [-0.4, -0.2) is 40.6 Å². The predicted octanol–water partition coefficient (Wildman–Crippen LogP) is 8.29. The van der Waals surface area contributed by atoms with Gasteiger partial charge >= 0.3 is 12.1 Å². The summed E-state index contributed by atoms with van der Waals surface area (Å²) in [7, 11) is 0. The first-order valence-corrected chi connectivity index (χ1v) is 14.9. The Bertz CT molecular complexity index is 1520. The molecular formula is C31H23ClF3NO4S2. The van der Waals surface area contributed by atoms with Crippen molar-refractivity contribution in [1.29, 1.82) is 0 Å². The molecule has 0 aliphatic heterocycles. The molecule has 5 nitrogen and oxygen atoms in total. The van der Waals surface area contributed by atoms with E-state index in [-0.39, 0.29) is 28.9 Å². The van der Waals surface area contributed by atoms with E-state index in [0.29, 0.717) is 23.3 Å². The topological polar surface area (TPSA) is 72.8 Å². The molecule has 0 bridgehead atoms. The van der Waals surface area contributed by atoms with E-state index < -0.39 is 17.9 Å². The Hall–Kier alpha value is -3.60. The normalized spacial score (nSPS) is 15.2. The number of hydrogen-bond acceptors (Lipinski definition) is 7. The average Bonchev–Trinajstić information content (AvgIpc) is 2.99. The molecule has 0 fully saturated rings. The summed E-state index contributed by atoms with van der Waals surface area (Å²) in [6.07, 6.45) is 0.953. The molecule has 0 aromatic heterocycles. The van der Waals surface area contributed by atoms with Crippen molar-refractivity contribution in [2.45, 2.75) is 34.2 Å². The van der Waals surface area contributed by atoms with Crippen LogP contribution in [0.3, 0.4) is 0 Å². The molecule has 11 heteroatoms. The summed E-state index contributed by atoms with van der Waals surface area (Å²) < 4.78 is 37.9. The second-order valence-electron chi connectivity index (χ2n) is 8.91. The van der Waals surface area contributed by atoms with Crippen molar-refractivity contribution in [2.24, 2.45) is 5.16 Å². The molecule has 1 unspecified atom stereocenters. The number of ketones is 2. The second kappa shape index (κ2) is 14.5. The van der Waals surface area contributed by atoms with Gasteiger partial charge in [-0.15, -0.1) is 23.4 Å². The third-order valence-corrected chi connectivity index (χ3v) is 8.24. The van der Waals surface area contributed by atoms with Gasteiger partial charge in [-0.1, -0.05) is 65.5 Å². The summed E-state index contributed by atoms with van der Waals surface area (Å²) in [4.78, 5) is 43.6. The molecule has 0 radical (unpaired) electrons. The second-order valence-corrected chi connectivity index (χ2v) is 11.8. The van der Waals surface area contributed by atoms with Crippen LogP contribution >= 0.6 is 35.1 Å². The van der Waals surface area contributed by atoms with Crippen molar-refractivity contribution in [3.05, 3.63) is 119 Å². The summed E-state index contributed by atoms with van der Waals surface area (Å²) in [6, 6.07) is 22.5. The lowest BCUT2D eigenvalue weighted by Crippen LogP contribution is -2.25. The number of alkyl halides is 4. The minimum atomic E-state index is -5.24. The SMILES string of the molecule is O=C(/C(CCSC1=CCC(Cl)C=C1)=N/OC(=O)C(F)(F)F)c1ccc(Sc2ccc(C(=O)c3ccccc3)cc2)cc1. The maximum Gasteiger partial charge on any atom is 0.493 e. The number of rotatable bonds is 11. The Kier molecular flexibility index (Phi) is 10.8. The first kappa shape index (κ1) is 31.3. The fraction of sp³-hybridized carbons (Fsp3) is 0.161. The number of carbonyl (C=O) groups is 3. The molecular weight excluding hydrogens is 607 g/mol. The van der Waals surface area contributed by atoms with Crippen LogP contribution in [0.4, 0.5) is 13.2 Å². The summed E-state index contributed by atoms with van der Waals surface area (Å²) in [5, 5.41) is 3.19. The minimum Gasteiger partial charge on any atom is -0.308 e. The zero-order valence-corrected chi connectivity index (χ0v) is 24.2. The van der Waals surface area contributed by atoms with E-state index in [1.54, 1.807) is 48.5 Å². The number of hydrogen-bond donors (Lipinski definition) is 0. The first-order valence-electron chi connectivity index (χ1n) is 12.6. The van der Waals surface area contributed by atoms with E-state index >= 15 is 0 Å². The van der Waals surface area contributed by atoms with Crippen LogP contribution in [0.5, 0.6) is 0 Å². The van der Waals surface area contributed by atoms with Gasteiger partial charge < -0.3 is 4.84 Å². The van der Waals surface area contributed by atoms with Crippen LogP contribution < -0.4 is 0 Å². The molecule has 0 saturated heterocycles. The van der Waals surface area contributed by atoms with E-state index in [1.807, 2.05) is 36.4 Å². The number of carbonyl (C=O) groups excluding carboxylic acids is 3. The maximum absolute atomic E-state index is 13.1. The largest absolute Gasteiger partial charge is 0.493 e. The van der Waals surface area contributed by atoms with Crippen molar-refractivity contribution in [2.75, 3.05) is 5.75 Å². The molecule has 0 amide bonds. The predicted molar refractivity (Wildman–Crippen MR) is 159 cm³/mol. The van der Waals surface area contributed by atoms with Crippen molar-refractivity contribution in [3.8, 4) is 0 Å². The Balaban J connectivity index is 1.41. The Morgan fingerprint density at radius 1 is 0.881 bits per heavy atom. The maximum atomic E-state index is 13.1. The minimum absolute atomic E-state index is 0.0331. The van der Waals surface area contributed by atoms with Gasteiger partial charge in [0.05, 0.1) is 5.38 Å². The standard InChI is InChI=1S/C31H23ClF3NO4S2/c32-23-10-16-24(17-11-23)41-19-18-27(36-40-30(39)31(33,34)35)29(38)22-8-14-26(15-9-22)42-25-12-6-21(7-13-25)28(37)20-4-2-1-3-5-20/h1-10,12-17,23H,11,18-19H2/b36-27+. The van der Waals surface area contributed by atoms with E-state index in [0.717, 1.165) is 14.7 Å². The van der Waals surface area contributed by atoms with Crippen molar-refractivity contribution in [3.63, 3.8) is 0 Å². The molecule has 0 spiro atoms. The van der Waals surface area contributed by atoms with E-state index in [2.05, 4.69) is 9.99 Å². The zero-order chi connectivity index (χ0) is 30.1. The monoisotopic (exact) mass is 629 g/mol. The smallest absolute Gasteiger partial charge is 0.308 e. The number of benzene rings is 3. The highest BCUT2D eigenvalue weighted by Crippen LogP contribution is 2.29. The number of halogens is 4. The van der Waals surface area contributed by atoms with Gasteiger partial charge in [-0.25, -0.2) is 4.79 Å². The Labute approximate surface area is 253 Å². The third kappa shape index (κ3) is 8.95.